The van der Waals surface area contributed by atoms with Crippen molar-refractivity contribution in [2.75, 3.05) is 11.5 Å². The van der Waals surface area contributed by atoms with Crippen LogP contribution in [0.15, 0.2) is 67.0 Å². The average Bonchev–Trinajstić information content (AvgIpc) is 2.79. The number of nitrogens with zero attached hydrogens (tertiary/aromatic N) is 2. The van der Waals surface area contributed by atoms with E-state index in [1.165, 1.54) is 12.1 Å². The van der Waals surface area contributed by atoms with Gasteiger partial charge in [-0.3, -0.25) is 4.98 Å². The molecule has 1 heterocycles. The summed E-state index contributed by atoms with van der Waals surface area (Å²) in [6.07, 6.45) is 5.02. The number of hydrogen-bond donors (Lipinski definition) is 1. The molecule has 32 heavy (non-hydrogen) atoms. The van der Waals surface area contributed by atoms with Crippen molar-refractivity contribution in [2.45, 2.75) is 32.9 Å². The Morgan fingerprint density at radius 3 is 2.59 bits per heavy atom. The molecule has 0 atom stereocenters. The molecule has 0 fully saturated rings. The monoisotopic (exact) mass is 442 g/mol. The second-order valence-corrected chi connectivity index (χ2v) is 7.01. The first kappa shape index (κ1) is 23.0. The summed E-state index contributed by atoms with van der Waals surface area (Å²) >= 11 is 0. The molecule has 0 amide bonds. The van der Waals surface area contributed by atoms with Gasteiger partial charge in [-0.2, -0.15) is 8.78 Å². The number of carboxylic acids is 1. The first-order valence-corrected chi connectivity index (χ1v) is 10.2. The van der Waals surface area contributed by atoms with Gasteiger partial charge in [0.2, 0.25) is 0 Å². The largest absolute Gasteiger partial charge is 0.490 e. The van der Waals surface area contributed by atoms with Crippen LogP contribution in [0, 0.1) is 0 Å². The van der Waals surface area contributed by atoms with Crippen LogP contribution in [-0.4, -0.2) is 29.3 Å². The van der Waals surface area contributed by atoms with Crippen LogP contribution in [0.2, 0.25) is 0 Å². The smallest absolute Gasteiger partial charge is 0.387 e. The van der Waals surface area contributed by atoms with E-state index in [2.05, 4.69) is 9.72 Å². The molecule has 3 aromatic rings. The van der Waals surface area contributed by atoms with E-state index >= 15 is 0 Å². The van der Waals surface area contributed by atoms with Crippen molar-refractivity contribution in [3.05, 3.63) is 78.1 Å². The van der Waals surface area contributed by atoms with E-state index in [1.807, 2.05) is 17.9 Å². The lowest BCUT2D eigenvalue weighted by Gasteiger charge is -2.26. The molecule has 0 aliphatic carbocycles. The first-order chi connectivity index (χ1) is 15.5. The molecular weight excluding hydrogens is 418 g/mol. The summed E-state index contributed by atoms with van der Waals surface area (Å²) < 4.78 is 36.1. The Kier molecular flexibility index (Phi) is 7.96. The third-order valence-electron chi connectivity index (χ3n) is 4.68. The summed E-state index contributed by atoms with van der Waals surface area (Å²) in [5.41, 5.74) is 2.27. The van der Waals surface area contributed by atoms with Crippen molar-refractivity contribution in [3.8, 4) is 11.5 Å². The van der Waals surface area contributed by atoms with Crippen LogP contribution in [0.1, 0.15) is 35.7 Å². The van der Waals surface area contributed by atoms with Crippen molar-refractivity contribution in [1.82, 2.24) is 4.98 Å². The Morgan fingerprint density at radius 1 is 1.09 bits per heavy atom. The third-order valence-corrected chi connectivity index (χ3v) is 4.68. The average molecular weight is 442 g/mol. The van der Waals surface area contributed by atoms with Gasteiger partial charge in [-0.25, -0.2) is 4.79 Å². The normalized spacial score (nSPS) is 10.8. The number of benzene rings is 2. The first-order valence-electron chi connectivity index (χ1n) is 10.2. The van der Waals surface area contributed by atoms with E-state index in [0.29, 0.717) is 24.5 Å². The zero-order chi connectivity index (χ0) is 22.9. The number of anilines is 2. The van der Waals surface area contributed by atoms with E-state index in [0.717, 1.165) is 18.4 Å². The van der Waals surface area contributed by atoms with Crippen LogP contribution in [0.5, 0.6) is 11.5 Å². The zero-order valence-electron chi connectivity index (χ0n) is 17.6. The second kappa shape index (κ2) is 11.1. The number of aromatic nitrogens is 1. The van der Waals surface area contributed by atoms with Crippen LogP contribution >= 0.6 is 0 Å². The van der Waals surface area contributed by atoms with Gasteiger partial charge in [-0.1, -0.05) is 25.5 Å². The number of hydrogen-bond acceptors (Lipinski definition) is 5. The summed E-state index contributed by atoms with van der Waals surface area (Å²) in [7, 11) is 0. The number of aromatic carboxylic acids is 1. The fourth-order valence-corrected chi connectivity index (χ4v) is 3.11. The highest BCUT2D eigenvalue weighted by molar-refractivity contribution is 5.89. The predicted molar refractivity (Wildman–Crippen MR) is 117 cm³/mol. The van der Waals surface area contributed by atoms with Gasteiger partial charge in [0.05, 0.1) is 12.2 Å². The molecule has 0 aliphatic rings. The summed E-state index contributed by atoms with van der Waals surface area (Å²) in [4.78, 5) is 17.5. The number of halogens is 2. The third kappa shape index (κ3) is 6.16. The maximum absolute atomic E-state index is 12.9. The van der Waals surface area contributed by atoms with E-state index in [4.69, 9.17) is 4.74 Å². The van der Waals surface area contributed by atoms with Gasteiger partial charge in [0, 0.05) is 36.4 Å². The Hall–Kier alpha value is -3.68. The number of unbranched alkanes of at least 4 members (excludes halogenated alkanes) is 1. The van der Waals surface area contributed by atoms with Crippen LogP contribution in [0.4, 0.5) is 20.2 Å². The molecule has 0 spiro atoms. The number of alkyl halides is 2. The number of rotatable bonds is 11. The Labute approximate surface area is 185 Å². The molecule has 1 aromatic heterocycles. The Bertz CT molecular complexity index is 1030. The van der Waals surface area contributed by atoms with E-state index in [1.54, 1.807) is 48.8 Å². The van der Waals surface area contributed by atoms with Gasteiger partial charge < -0.3 is 19.5 Å². The van der Waals surface area contributed by atoms with Crippen molar-refractivity contribution < 1.29 is 28.2 Å². The quantitative estimate of drug-likeness (QED) is 0.373. The van der Waals surface area contributed by atoms with E-state index < -0.39 is 12.6 Å². The minimum absolute atomic E-state index is 0.0551. The van der Waals surface area contributed by atoms with Gasteiger partial charge in [0.1, 0.15) is 0 Å². The highest BCUT2D eigenvalue weighted by atomic mass is 19.3. The summed E-state index contributed by atoms with van der Waals surface area (Å²) in [6.45, 7) is -0.244. The van der Waals surface area contributed by atoms with Crippen molar-refractivity contribution >= 4 is 17.3 Å². The lowest BCUT2D eigenvalue weighted by molar-refractivity contribution is -0.0515. The topological polar surface area (TPSA) is 71.9 Å². The van der Waals surface area contributed by atoms with Gasteiger partial charge in [-0.05, 0) is 48.4 Å². The van der Waals surface area contributed by atoms with Gasteiger partial charge >= 0.3 is 12.6 Å². The molecule has 8 heteroatoms. The second-order valence-electron chi connectivity index (χ2n) is 7.01. The summed E-state index contributed by atoms with van der Waals surface area (Å²) in [5, 5.41) is 9.40. The molecule has 6 nitrogen and oxygen atoms in total. The molecule has 0 aliphatic heterocycles. The van der Waals surface area contributed by atoms with Crippen molar-refractivity contribution in [3.63, 3.8) is 0 Å². The number of pyridine rings is 1. The van der Waals surface area contributed by atoms with E-state index in [-0.39, 0.29) is 17.1 Å². The number of ether oxygens (including phenoxy) is 2. The number of carboxylic acid groups (broad SMARTS) is 1. The maximum Gasteiger partial charge on any atom is 0.387 e. The predicted octanol–water partition coefficient (Wildman–Crippen LogP) is 5.90. The van der Waals surface area contributed by atoms with E-state index in [9.17, 15) is 18.7 Å². The number of carbonyl (C=O) groups is 1. The lowest BCUT2D eigenvalue weighted by Crippen LogP contribution is -2.17. The van der Waals surface area contributed by atoms with Crippen molar-refractivity contribution in [1.29, 1.82) is 0 Å². The molecule has 3 rings (SSSR count). The molecule has 1 N–H and O–H groups in total. The molecule has 0 saturated carbocycles. The highest BCUT2D eigenvalue weighted by Gasteiger charge is 2.17. The van der Waals surface area contributed by atoms with Gasteiger partial charge in [0.15, 0.2) is 11.5 Å². The van der Waals surface area contributed by atoms with Crippen LogP contribution in [0.3, 0.4) is 0 Å². The minimum Gasteiger partial charge on any atom is -0.490 e. The molecule has 0 unspecified atom stereocenters. The molecule has 168 valence electrons. The van der Waals surface area contributed by atoms with Crippen LogP contribution in [-0.2, 0) is 6.54 Å². The molecule has 2 aromatic carbocycles. The molecule has 0 bridgehead atoms. The Balaban J connectivity index is 2.03. The molecular formula is C24H24F2N2O4. The fourth-order valence-electron chi connectivity index (χ4n) is 3.11. The zero-order valence-corrected chi connectivity index (χ0v) is 17.6. The van der Waals surface area contributed by atoms with Crippen molar-refractivity contribution in [2.24, 2.45) is 0 Å². The lowest BCUT2D eigenvalue weighted by atomic mass is 10.1. The fraction of sp³-hybridized carbons (Fsp3) is 0.250. The van der Waals surface area contributed by atoms with Crippen LogP contribution in [0.25, 0.3) is 0 Å². The summed E-state index contributed by atoms with van der Waals surface area (Å²) in [6, 6.07) is 14.9. The Morgan fingerprint density at radius 2 is 1.91 bits per heavy atom. The maximum atomic E-state index is 12.9. The van der Waals surface area contributed by atoms with Gasteiger partial charge in [0.25, 0.3) is 0 Å². The SMILES string of the molecule is CCCCOc1cc(N(Cc2cccnc2)c2cccc(C(=O)O)c2)ccc1OC(F)F. The molecule has 0 saturated heterocycles. The van der Waals surface area contributed by atoms with Gasteiger partial charge in [-0.15, -0.1) is 0 Å². The van der Waals surface area contributed by atoms with Crippen LogP contribution < -0.4 is 14.4 Å². The minimum atomic E-state index is -2.98. The standard InChI is InChI=1S/C24H24F2N2O4/c1-2-3-12-31-22-14-20(9-10-21(22)32-24(25)26)28(16-17-6-5-11-27-15-17)19-8-4-7-18(13-19)23(29)30/h4-11,13-15,24H,2-3,12,16H2,1H3,(H,29,30). The summed E-state index contributed by atoms with van der Waals surface area (Å²) in [5.74, 6) is -0.903. The highest BCUT2D eigenvalue weighted by Crippen LogP contribution is 2.37. The molecule has 0 radical (unpaired) electrons.